The first-order valence-electron chi connectivity index (χ1n) is 6.21. The summed E-state index contributed by atoms with van der Waals surface area (Å²) in [5.41, 5.74) is 1.18. The Morgan fingerprint density at radius 2 is 1.95 bits per heavy atom. The molecule has 0 fully saturated rings. The molecule has 4 nitrogen and oxygen atoms in total. The molecule has 0 radical (unpaired) electrons. The molecule has 0 aliphatic carbocycles. The maximum absolute atomic E-state index is 12.0. The van der Waals surface area contributed by atoms with Gasteiger partial charge in [-0.15, -0.1) is 11.8 Å². The lowest BCUT2D eigenvalue weighted by atomic mass is 10.2. The van der Waals surface area contributed by atoms with Crippen LogP contribution in [0, 0.1) is 6.92 Å². The van der Waals surface area contributed by atoms with E-state index in [4.69, 9.17) is 4.52 Å². The summed E-state index contributed by atoms with van der Waals surface area (Å²) >= 11 is 1.54. The normalized spacial score (nSPS) is 11.8. The van der Waals surface area contributed by atoms with Crippen LogP contribution in [-0.4, -0.2) is 22.9 Å². The van der Waals surface area contributed by atoms with Gasteiger partial charge in [-0.3, -0.25) is 0 Å². The summed E-state index contributed by atoms with van der Waals surface area (Å²) in [5.74, 6) is 1.12. The maximum Gasteiger partial charge on any atom is 0.401 e. The van der Waals surface area contributed by atoms with Gasteiger partial charge in [-0.2, -0.15) is 18.2 Å². The Bertz CT molecular complexity index is 569. The highest BCUT2D eigenvalue weighted by molar-refractivity contribution is 7.98. The van der Waals surface area contributed by atoms with Crippen molar-refractivity contribution in [1.29, 1.82) is 0 Å². The first-order chi connectivity index (χ1) is 9.92. The molecule has 0 saturated carbocycles. The Labute approximate surface area is 124 Å². The fourth-order valence-corrected chi connectivity index (χ4v) is 2.26. The summed E-state index contributed by atoms with van der Waals surface area (Å²) in [7, 11) is 0. The lowest BCUT2D eigenvalue weighted by Crippen LogP contribution is -2.28. The molecule has 0 amide bonds. The average Bonchev–Trinajstić information content (AvgIpc) is 2.85. The SMILES string of the molecule is Cc1ccc(SCc2noc(CNCC(F)(F)F)n2)cc1. The molecule has 1 aromatic heterocycles. The summed E-state index contributed by atoms with van der Waals surface area (Å²) in [6.45, 7) is 0.832. The lowest BCUT2D eigenvalue weighted by molar-refractivity contribution is -0.125. The zero-order valence-corrected chi connectivity index (χ0v) is 12.1. The first-order valence-corrected chi connectivity index (χ1v) is 7.19. The van der Waals surface area contributed by atoms with Crippen LogP contribution in [-0.2, 0) is 12.3 Å². The fourth-order valence-electron chi connectivity index (χ4n) is 1.51. The van der Waals surface area contributed by atoms with Gasteiger partial charge >= 0.3 is 6.18 Å². The molecule has 0 bridgehead atoms. The molecule has 0 spiro atoms. The minimum atomic E-state index is -4.25. The molecule has 0 unspecified atom stereocenters. The second-order valence-corrected chi connectivity index (χ2v) is 5.47. The summed E-state index contributed by atoms with van der Waals surface area (Å²) in [5, 5.41) is 5.94. The van der Waals surface area contributed by atoms with Crippen molar-refractivity contribution in [2.45, 2.75) is 30.3 Å². The molecule has 1 aromatic carbocycles. The number of hydrogen-bond acceptors (Lipinski definition) is 5. The van der Waals surface area contributed by atoms with Crippen LogP contribution in [0.25, 0.3) is 0 Å². The van der Waals surface area contributed by atoms with Crippen LogP contribution in [0.5, 0.6) is 0 Å². The van der Waals surface area contributed by atoms with E-state index in [0.29, 0.717) is 11.6 Å². The summed E-state index contributed by atoms with van der Waals surface area (Å²) in [6.07, 6.45) is -4.25. The van der Waals surface area contributed by atoms with Gasteiger partial charge < -0.3 is 9.84 Å². The Kier molecular flexibility index (Phi) is 5.24. The third-order valence-corrected chi connectivity index (χ3v) is 3.51. The second kappa shape index (κ2) is 6.95. The number of nitrogens with zero attached hydrogens (tertiary/aromatic N) is 2. The molecular weight excluding hydrogens is 303 g/mol. The number of alkyl halides is 3. The van der Waals surface area contributed by atoms with Gasteiger partial charge in [0.1, 0.15) is 0 Å². The van der Waals surface area contributed by atoms with E-state index in [-0.39, 0.29) is 12.4 Å². The van der Waals surface area contributed by atoms with E-state index < -0.39 is 12.7 Å². The number of nitrogens with one attached hydrogen (secondary N) is 1. The van der Waals surface area contributed by atoms with E-state index in [9.17, 15) is 13.2 Å². The van der Waals surface area contributed by atoms with Crippen molar-refractivity contribution in [3.63, 3.8) is 0 Å². The molecule has 21 heavy (non-hydrogen) atoms. The van der Waals surface area contributed by atoms with E-state index in [0.717, 1.165) is 4.90 Å². The number of benzene rings is 1. The van der Waals surface area contributed by atoms with Gasteiger partial charge in [0.15, 0.2) is 5.82 Å². The van der Waals surface area contributed by atoms with Crippen LogP contribution in [0.4, 0.5) is 13.2 Å². The molecular formula is C13H14F3N3OS. The van der Waals surface area contributed by atoms with Gasteiger partial charge in [0.05, 0.1) is 18.8 Å². The predicted octanol–water partition coefficient (Wildman–Crippen LogP) is 3.32. The Balaban J connectivity index is 1.79. The van der Waals surface area contributed by atoms with Gasteiger partial charge in [0, 0.05) is 4.90 Å². The van der Waals surface area contributed by atoms with Crippen molar-refractivity contribution in [2.75, 3.05) is 6.54 Å². The van der Waals surface area contributed by atoms with E-state index in [1.807, 2.05) is 31.2 Å². The van der Waals surface area contributed by atoms with E-state index in [1.54, 1.807) is 0 Å². The number of halogens is 3. The molecule has 0 aliphatic heterocycles. The van der Waals surface area contributed by atoms with Crippen LogP contribution in [0.3, 0.4) is 0 Å². The quantitative estimate of drug-likeness (QED) is 0.828. The monoisotopic (exact) mass is 317 g/mol. The molecule has 2 aromatic rings. The first kappa shape index (κ1) is 15.8. The van der Waals surface area contributed by atoms with E-state index in [1.165, 1.54) is 17.3 Å². The summed E-state index contributed by atoms with van der Waals surface area (Å²) in [6, 6.07) is 7.99. The number of aromatic nitrogens is 2. The standard InChI is InChI=1S/C13H14F3N3OS/c1-9-2-4-10(5-3-9)21-7-11-18-12(20-19-11)6-17-8-13(14,15)16/h2-5,17H,6-8H2,1H3. The van der Waals surface area contributed by atoms with Crippen molar-refractivity contribution in [2.24, 2.45) is 0 Å². The van der Waals surface area contributed by atoms with Crippen LogP contribution < -0.4 is 5.32 Å². The zero-order valence-electron chi connectivity index (χ0n) is 11.3. The van der Waals surface area contributed by atoms with Crippen LogP contribution in [0.15, 0.2) is 33.7 Å². The minimum absolute atomic E-state index is 0.0955. The topological polar surface area (TPSA) is 51.0 Å². The Morgan fingerprint density at radius 1 is 1.24 bits per heavy atom. The van der Waals surface area contributed by atoms with Gasteiger partial charge in [-0.25, -0.2) is 0 Å². The number of hydrogen-bond donors (Lipinski definition) is 1. The van der Waals surface area contributed by atoms with Crippen LogP contribution in [0.2, 0.25) is 0 Å². The molecule has 8 heteroatoms. The highest BCUT2D eigenvalue weighted by atomic mass is 32.2. The van der Waals surface area contributed by atoms with E-state index in [2.05, 4.69) is 15.5 Å². The van der Waals surface area contributed by atoms with Crippen molar-refractivity contribution in [3.05, 3.63) is 41.5 Å². The second-order valence-electron chi connectivity index (χ2n) is 4.42. The van der Waals surface area contributed by atoms with Crippen molar-refractivity contribution in [3.8, 4) is 0 Å². The average molecular weight is 317 g/mol. The third-order valence-electron chi connectivity index (χ3n) is 2.50. The molecule has 1 N–H and O–H groups in total. The van der Waals surface area contributed by atoms with Crippen molar-refractivity contribution in [1.82, 2.24) is 15.5 Å². The predicted molar refractivity (Wildman–Crippen MR) is 72.8 cm³/mol. The van der Waals surface area contributed by atoms with Gasteiger partial charge in [0.2, 0.25) is 5.89 Å². The molecule has 0 aliphatic rings. The van der Waals surface area contributed by atoms with Gasteiger partial charge in [-0.1, -0.05) is 22.9 Å². The summed E-state index contributed by atoms with van der Waals surface area (Å²) in [4.78, 5) is 5.11. The van der Waals surface area contributed by atoms with Gasteiger partial charge in [0.25, 0.3) is 0 Å². The number of rotatable bonds is 6. The maximum atomic E-state index is 12.0. The third kappa shape index (κ3) is 5.76. The number of thioether (sulfide) groups is 1. The number of aryl methyl sites for hydroxylation is 1. The van der Waals surface area contributed by atoms with E-state index >= 15 is 0 Å². The highest BCUT2D eigenvalue weighted by Crippen LogP contribution is 2.21. The zero-order chi connectivity index (χ0) is 15.3. The molecule has 1 heterocycles. The molecule has 0 saturated heterocycles. The molecule has 114 valence electrons. The lowest BCUT2D eigenvalue weighted by Gasteiger charge is -2.05. The van der Waals surface area contributed by atoms with Gasteiger partial charge in [-0.05, 0) is 19.1 Å². The minimum Gasteiger partial charge on any atom is -0.338 e. The van der Waals surface area contributed by atoms with Crippen LogP contribution in [0.1, 0.15) is 17.3 Å². The van der Waals surface area contributed by atoms with Crippen molar-refractivity contribution < 1.29 is 17.7 Å². The Morgan fingerprint density at radius 3 is 2.62 bits per heavy atom. The highest BCUT2D eigenvalue weighted by Gasteiger charge is 2.26. The van der Waals surface area contributed by atoms with Crippen molar-refractivity contribution >= 4 is 11.8 Å². The largest absolute Gasteiger partial charge is 0.401 e. The summed E-state index contributed by atoms with van der Waals surface area (Å²) < 4.78 is 40.8. The molecule has 2 rings (SSSR count). The smallest absolute Gasteiger partial charge is 0.338 e. The fraction of sp³-hybridized carbons (Fsp3) is 0.385. The molecule has 0 atom stereocenters. The van der Waals surface area contributed by atoms with Crippen LogP contribution >= 0.6 is 11.8 Å². The Hall–Kier alpha value is -1.54.